The normalized spacial score (nSPS) is 10.5. The number of aromatic hydroxyl groups is 1. The molecule has 0 aliphatic carbocycles. The van der Waals surface area contributed by atoms with Crippen molar-refractivity contribution < 1.29 is 9.90 Å². The third-order valence-electron chi connectivity index (χ3n) is 3.27. The molecule has 21 heavy (non-hydrogen) atoms. The molecule has 0 heterocycles. The molecular weight excluding hydrogens is 286 g/mol. The van der Waals surface area contributed by atoms with E-state index in [1.807, 2.05) is 6.07 Å². The van der Waals surface area contributed by atoms with E-state index in [2.05, 4.69) is 5.32 Å². The maximum absolute atomic E-state index is 12.3. The minimum absolute atomic E-state index is 0.182. The van der Waals surface area contributed by atoms with E-state index in [0.717, 1.165) is 5.39 Å². The summed E-state index contributed by atoms with van der Waals surface area (Å²) < 4.78 is 0. The van der Waals surface area contributed by atoms with Crippen molar-refractivity contribution in [2.45, 2.75) is 0 Å². The van der Waals surface area contributed by atoms with Crippen molar-refractivity contribution in [1.82, 2.24) is 0 Å². The molecule has 0 aliphatic heterocycles. The quantitative estimate of drug-likeness (QED) is 0.734. The molecular formula is C17H12ClNO2. The Morgan fingerprint density at radius 3 is 2.43 bits per heavy atom. The van der Waals surface area contributed by atoms with Gasteiger partial charge in [-0.1, -0.05) is 48.0 Å². The molecule has 1 amide bonds. The van der Waals surface area contributed by atoms with Gasteiger partial charge in [-0.3, -0.25) is 4.79 Å². The summed E-state index contributed by atoms with van der Waals surface area (Å²) in [6.07, 6.45) is 0. The zero-order valence-electron chi connectivity index (χ0n) is 11.0. The van der Waals surface area contributed by atoms with Gasteiger partial charge in [-0.05, 0) is 24.3 Å². The predicted octanol–water partition coefficient (Wildman–Crippen LogP) is 4.45. The van der Waals surface area contributed by atoms with Crippen LogP contribution in [0.5, 0.6) is 5.75 Å². The second-order valence-electron chi connectivity index (χ2n) is 4.61. The molecule has 0 saturated carbocycles. The topological polar surface area (TPSA) is 49.3 Å². The van der Waals surface area contributed by atoms with Gasteiger partial charge in [0.1, 0.15) is 5.75 Å². The minimum atomic E-state index is -0.281. The van der Waals surface area contributed by atoms with Crippen molar-refractivity contribution in [3.63, 3.8) is 0 Å². The molecule has 4 heteroatoms. The first kappa shape index (κ1) is 13.5. The van der Waals surface area contributed by atoms with Crippen LogP contribution in [0.3, 0.4) is 0 Å². The Morgan fingerprint density at radius 1 is 0.905 bits per heavy atom. The van der Waals surface area contributed by atoms with Gasteiger partial charge in [0.05, 0.1) is 10.6 Å². The van der Waals surface area contributed by atoms with Crippen LogP contribution in [0.2, 0.25) is 5.02 Å². The molecule has 2 N–H and O–H groups in total. The summed E-state index contributed by atoms with van der Waals surface area (Å²) in [5.41, 5.74) is 1.05. The first-order chi connectivity index (χ1) is 10.2. The van der Waals surface area contributed by atoms with E-state index >= 15 is 0 Å². The van der Waals surface area contributed by atoms with E-state index in [-0.39, 0.29) is 11.7 Å². The number of hydrogen-bond donors (Lipinski definition) is 2. The molecule has 3 nitrogen and oxygen atoms in total. The van der Waals surface area contributed by atoms with E-state index in [4.69, 9.17) is 11.6 Å². The van der Waals surface area contributed by atoms with Crippen LogP contribution in [0.1, 0.15) is 10.4 Å². The monoisotopic (exact) mass is 297 g/mol. The standard InChI is InChI=1S/C17H12ClNO2/c18-14-8-2-1-5-13(14)17(21)19-15-9-3-7-12-11(15)6-4-10-16(12)20/h1-10,20H,(H,19,21). The van der Waals surface area contributed by atoms with Gasteiger partial charge in [0.15, 0.2) is 0 Å². The number of carbonyl (C=O) groups excluding carboxylic acids is 1. The number of hydrogen-bond acceptors (Lipinski definition) is 2. The SMILES string of the molecule is O=C(Nc1cccc2c(O)cccc12)c1ccccc1Cl. The van der Waals surface area contributed by atoms with Crippen LogP contribution in [-0.4, -0.2) is 11.0 Å². The second kappa shape index (κ2) is 5.46. The van der Waals surface area contributed by atoms with Gasteiger partial charge >= 0.3 is 0 Å². The summed E-state index contributed by atoms with van der Waals surface area (Å²) >= 11 is 6.03. The van der Waals surface area contributed by atoms with Gasteiger partial charge in [-0.2, -0.15) is 0 Å². The maximum atomic E-state index is 12.3. The number of carbonyl (C=O) groups is 1. The molecule has 0 fully saturated rings. The summed E-state index contributed by atoms with van der Waals surface area (Å²) in [4.78, 5) is 12.3. The van der Waals surface area contributed by atoms with Gasteiger partial charge in [-0.15, -0.1) is 0 Å². The highest BCUT2D eigenvalue weighted by Gasteiger charge is 2.11. The van der Waals surface area contributed by atoms with Gasteiger partial charge in [0, 0.05) is 16.5 Å². The van der Waals surface area contributed by atoms with E-state index in [0.29, 0.717) is 21.7 Å². The fourth-order valence-electron chi connectivity index (χ4n) is 2.24. The number of anilines is 1. The third-order valence-corrected chi connectivity index (χ3v) is 3.60. The molecule has 0 bridgehead atoms. The number of rotatable bonds is 2. The summed E-state index contributed by atoms with van der Waals surface area (Å²) in [5, 5.41) is 14.6. The summed E-state index contributed by atoms with van der Waals surface area (Å²) in [6.45, 7) is 0. The van der Waals surface area contributed by atoms with Crippen molar-refractivity contribution in [2.24, 2.45) is 0 Å². The fraction of sp³-hybridized carbons (Fsp3) is 0. The van der Waals surface area contributed by atoms with E-state index < -0.39 is 0 Å². The Morgan fingerprint density at radius 2 is 1.62 bits per heavy atom. The average Bonchev–Trinajstić information content (AvgIpc) is 2.49. The Balaban J connectivity index is 2.01. The lowest BCUT2D eigenvalue weighted by Gasteiger charge is -2.10. The number of phenolic OH excluding ortho intramolecular Hbond substituents is 1. The van der Waals surface area contributed by atoms with Crippen LogP contribution < -0.4 is 5.32 Å². The zero-order valence-corrected chi connectivity index (χ0v) is 11.8. The minimum Gasteiger partial charge on any atom is -0.507 e. The number of benzene rings is 3. The van der Waals surface area contributed by atoms with Crippen LogP contribution in [0.25, 0.3) is 10.8 Å². The van der Waals surface area contributed by atoms with Crippen molar-refractivity contribution in [3.05, 3.63) is 71.2 Å². The summed E-state index contributed by atoms with van der Waals surface area (Å²) in [7, 11) is 0. The number of nitrogens with one attached hydrogen (secondary N) is 1. The van der Waals surface area contributed by atoms with Crippen LogP contribution in [0.4, 0.5) is 5.69 Å². The third kappa shape index (κ3) is 2.56. The lowest BCUT2D eigenvalue weighted by molar-refractivity contribution is 0.102. The number of amides is 1. The number of fused-ring (bicyclic) bond motifs is 1. The Kier molecular flexibility index (Phi) is 3.50. The second-order valence-corrected chi connectivity index (χ2v) is 5.02. The van der Waals surface area contributed by atoms with Crippen molar-refractivity contribution in [2.75, 3.05) is 5.32 Å². The van der Waals surface area contributed by atoms with Crippen LogP contribution in [0.15, 0.2) is 60.7 Å². The lowest BCUT2D eigenvalue weighted by Crippen LogP contribution is -2.12. The first-order valence-electron chi connectivity index (χ1n) is 6.43. The molecule has 3 aromatic rings. The molecule has 0 aromatic heterocycles. The first-order valence-corrected chi connectivity index (χ1v) is 6.81. The fourth-order valence-corrected chi connectivity index (χ4v) is 2.46. The molecule has 0 saturated heterocycles. The Bertz CT molecular complexity index is 830. The highest BCUT2D eigenvalue weighted by molar-refractivity contribution is 6.34. The Hall–Kier alpha value is -2.52. The number of phenols is 1. The van der Waals surface area contributed by atoms with Crippen molar-refractivity contribution in [3.8, 4) is 5.75 Å². The highest BCUT2D eigenvalue weighted by Crippen LogP contribution is 2.30. The van der Waals surface area contributed by atoms with Gasteiger partial charge in [0.25, 0.3) is 5.91 Å². The molecule has 0 radical (unpaired) electrons. The van der Waals surface area contributed by atoms with Gasteiger partial charge in [-0.25, -0.2) is 0 Å². The van der Waals surface area contributed by atoms with Crippen molar-refractivity contribution in [1.29, 1.82) is 0 Å². The van der Waals surface area contributed by atoms with Crippen LogP contribution in [-0.2, 0) is 0 Å². The largest absolute Gasteiger partial charge is 0.507 e. The summed E-state index contributed by atoms with van der Waals surface area (Å²) in [5.74, 6) is -0.0993. The van der Waals surface area contributed by atoms with Crippen LogP contribution in [0, 0.1) is 0 Å². The van der Waals surface area contributed by atoms with Gasteiger partial charge in [0.2, 0.25) is 0 Å². The lowest BCUT2D eigenvalue weighted by atomic mass is 10.1. The van der Waals surface area contributed by atoms with Crippen LogP contribution >= 0.6 is 11.6 Å². The molecule has 3 rings (SSSR count). The van der Waals surface area contributed by atoms with E-state index in [9.17, 15) is 9.90 Å². The predicted molar refractivity (Wildman–Crippen MR) is 85.0 cm³/mol. The maximum Gasteiger partial charge on any atom is 0.257 e. The smallest absolute Gasteiger partial charge is 0.257 e. The average molecular weight is 298 g/mol. The molecule has 104 valence electrons. The van der Waals surface area contributed by atoms with Gasteiger partial charge < -0.3 is 10.4 Å². The molecule has 0 spiro atoms. The zero-order chi connectivity index (χ0) is 14.8. The van der Waals surface area contributed by atoms with E-state index in [1.165, 1.54) is 0 Å². The molecule has 0 aliphatic rings. The van der Waals surface area contributed by atoms with Crippen molar-refractivity contribution >= 4 is 34.0 Å². The molecule has 0 atom stereocenters. The summed E-state index contributed by atoms with van der Waals surface area (Å²) in [6, 6.07) is 17.4. The van der Waals surface area contributed by atoms with E-state index in [1.54, 1.807) is 54.6 Å². The number of halogens is 1. The molecule has 0 unspecified atom stereocenters. The highest BCUT2D eigenvalue weighted by atomic mass is 35.5. The Labute approximate surface area is 126 Å². The molecule has 3 aromatic carbocycles.